The molecule has 8 heteroatoms. The monoisotopic (exact) mass is 553 g/mol. The van der Waals surface area contributed by atoms with Gasteiger partial charge in [0.15, 0.2) is 0 Å². The van der Waals surface area contributed by atoms with E-state index in [4.69, 9.17) is 14.2 Å². The predicted molar refractivity (Wildman–Crippen MR) is 158 cm³/mol. The zero-order valence-electron chi connectivity index (χ0n) is 23.9. The number of carbonyl (C=O) groups is 2. The Labute approximate surface area is 240 Å². The molecule has 1 unspecified atom stereocenters. The van der Waals surface area contributed by atoms with Crippen LogP contribution in [-0.2, 0) is 4.79 Å². The second kappa shape index (κ2) is 12.2. The first kappa shape index (κ1) is 27.8. The number of anilines is 1. The fraction of sp³-hybridized carbons (Fsp3) is 0.273. The van der Waals surface area contributed by atoms with Crippen molar-refractivity contribution in [3.63, 3.8) is 0 Å². The third kappa shape index (κ3) is 5.37. The van der Waals surface area contributed by atoms with E-state index >= 15 is 0 Å². The average molecular weight is 554 g/mol. The normalized spacial score (nSPS) is 13.7. The van der Waals surface area contributed by atoms with Crippen LogP contribution >= 0.6 is 0 Å². The van der Waals surface area contributed by atoms with Gasteiger partial charge in [0.25, 0.3) is 5.91 Å². The van der Waals surface area contributed by atoms with Gasteiger partial charge in [-0.15, -0.1) is 0 Å². The molecule has 1 aliphatic heterocycles. The van der Waals surface area contributed by atoms with Crippen molar-refractivity contribution < 1.29 is 23.8 Å². The van der Waals surface area contributed by atoms with Crippen molar-refractivity contribution in [3.05, 3.63) is 102 Å². The van der Waals surface area contributed by atoms with Gasteiger partial charge in [0, 0.05) is 18.8 Å². The Balaban J connectivity index is 1.55. The molecule has 3 aromatic carbocycles. The van der Waals surface area contributed by atoms with Crippen molar-refractivity contribution in [2.24, 2.45) is 0 Å². The Kier molecular flexibility index (Phi) is 8.29. The van der Waals surface area contributed by atoms with Gasteiger partial charge in [-0.3, -0.25) is 14.5 Å². The highest BCUT2D eigenvalue weighted by Crippen LogP contribution is 2.42. The van der Waals surface area contributed by atoms with Crippen LogP contribution in [0.2, 0.25) is 0 Å². The summed E-state index contributed by atoms with van der Waals surface area (Å²) in [6.07, 6.45) is 3.66. The molecule has 0 fully saturated rings. The third-order valence-electron chi connectivity index (χ3n) is 7.45. The van der Waals surface area contributed by atoms with Gasteiger partial charge in [-0.1, -0.05) is 37.6 Å². The summed E-state index contributed by atoms with van der Waals surface area (Å²) < 4.78 is 18.3. The van der Waals surface area contributed by atoms with Gasteiger partial charge in [0.2, 0.25) is 5.91 Å². The van der Waals surface area contributed by atoms with Crippen LogP contribution in [0.1, 0.15) is 47.4 Å². The number of unbranched alkanes of at least 4 members (excludes halogenated alkanes) is 1. The lowest BCUT2D eigenvalue weighted by Gasteiger charge is -2.39. The van der Waals surface area contributed by atoms with Crippen LogP contribution in [0.4, 0.5) is 5.69 Å². The van der Waals surface area contributed by atoms with Crippen LogP contribution in [0.15, 0.2) is 85.1 Å². The number of para-hydroxylation sites is 2. The van der Waals surface area contributed by atoms with Gasteiger partial charge >= 0.3 is 0 Å². The van der Waals surface area contributed by atoms with E-state index < -0.39 is 6.04 Å². The standard InChI is InChI=1S/C33H35N3O5/c1-5-6-19-34(33(38)26-18-17-25(40-3)21-30(26)41-4)22-31(37)36-28-11-8-7-10-27(28)35-20-9-12-29(35)32(36)23-13-15-24(39-2)16-14-23/h7-18,20-21,32H,5-6,19,22H2,1-4H3. The minimum atomic E-state index is -0.392. The maximum absolute atomic E-state index is 14.4. The van der Waals surface area contributed by atoms with Crippen LogP contribution < -0.4 is 19.1 Å². The van der Waals surface area contributed by atoms with Gasteiger partial charge in [-0.2, -0.15) is 0 Å². The fourth-order valence-electron chi connectivity index (χ4n) is 5.35. The minimum absolute atomic E-state index is 0.0876. The Morgan fingerprint density at radius 2 is 1.54 bits per heavy atom. The van der Waals surface area contributed by atoms with E-state index in [0.717, 1.165) is 41.2 Å². The molecule has 1 atom stereocenters. The first-order valence-electron chi connectivity index (χ1n) is 13.7. The number of amides is 2. The van der Waals surface area contributed by atoms with Crippen molar-refractivity contribution in [1.82, 2.24) is 9.47 Å². The summed E-state index contributed by atoms with van der Waals surface area (Å²) in [6.45, 7) is 2.41. The average Bonchev–Trinajstić information content (AvgIpc) is 3.51. The Morgan fingerprint density at radius 1 is 0.829 bits per heavy atom. The van der Waals surface area contributed by atoms with Crippen LogP contribution in [0.3, 0.4) is 0 Å². The molecular weight excluding hydrogens is 518 g/mol. The second-order valence-corrected chi connectivity index (χ2v) is 9.88. The molecule has 0 radical (unpaired) electrons. The number of hydrogen-bond donors (Lipinski definition) is 0. The fourth-order valence-corrected chi connectivity index (χ4v) is 5.35. The van der Waals surface area contributed by atoms with Gasteiger partial charge in [-0.05, 0) is 60.5 Å². The van der Waals surface area contributed by atoms with Gasteiger partial charge in [0.1, 0.15) is 29.8 Å². The lowest BCUT2D eigenvalue weighted by Crippen LogP contribution is -2.47. The highest BCUT2D eigenvalue weighted by Gasteiger charge is 2.37. The van der Waals surface area contributed by atoms with Crippen LogP contribution in [0.5, 0.6) is 17.2 Å². The molecular formula is C33H35N3O5. The molecule has 0 saturated carbocycles. The van der Waals surface area contributed by atoms with E-state index in [9.17, 15) is 9.59 Å². The maximum atomic E-state index is 14.4. The highest BCUT2D eigenvalue weighted by atomic mass is 16.5. The van der Waals surface area contributed by atoms with E-state index in [2.05, 4.69) is 11.5 Å². The molecule has 212 valence electrons. The molecule has 0 bridgehead atoms. The maximum Gasteiger partial charge on any atom is 0.258 e. The van der Waals surface area contributed by atoms with Crippen LogP contribution in [0.25, 0.3) is 5.69 Å². The summed E-state index contributed by atoms with van der Waals surface area (Å²) in [7, 11) is 4.72. The molecule has 0 saturated heterocycles. The summed E-state index contributed by atoms with van der Waals surface area (Å²) >= 11 is 0. The number of aromatic nitrogens is 1. The predicted octanol–water partition coefficient (Wildman–Crippen LogP) is 5.88. The number of methoxy groups -OCH3 is 3. The lowest BCUT2D eigenvalue weighted by molar-refractivity contribution is -0.119. The Morgan fingerprint density at radius 3 is 2.22 bits per heavy atom. The largest absolute Gasteiger partial charge is 0.497 e. The third-order valence-corrected chi connectivity index (χ3v) is 7.45. The molecule has 5 rings (SSSR count). The van der Waals surface area contributed by atoms with Crippen molar-refractivity contribution in [2.75, 3.05) is 39.3 Å². The number of ether oxygens (including phenoxy) is 3. The first-order chi connectivity index (χ1) is 20.0. The van der Waals surface area contributed by atoms with E-state index in [-0.39, 0.29) is 18.4 Å². The second-order valence-electron chi connectivity index (χ2n) is 9.88. The molecule has 8 nitrogen and oxygen atoms in total. The molecule has 0 N–H and O–H groups in total. The number of carbonyl (C=O) groups excluding carboxylic acids is 2. The highest BCUT2D eigenvalue weighted by molar-refractivity contribution is 6.03. The zero-order chi connectivity index (χ0) is 28.9. The number of nitrogens with zero attached hydrogens (tertiary/aromatic N) is 3. The van der Waals surface area contributed by atoms with Crippen molar-refractivity contribution in [1.29, 1.82) is 0 Å². The molecule has 0 aliphatic carbocycles. The summed E-state index contributed by atoms with van der Waals surface area (Å²) in [6, 6.07) is 24.4. The van der Waals surface area contributed by atoms with Gasteiger partial charge in [0.05, 0.1) is 44.0 Å². The van der Waals surface area contributed by atoms with E-state index in [1.807, 2.05) is 71.8 Å². The van der Waals surface area contributed by atoms with Crippen molar-refractivity contribution >= 4 is 17.5 Å². The van der Waals surface area contributed by atoms with Gasteiger partial charge < -0.3 is 23.7 Å². The van der Waals surface area contributed by atoms with E-state index in [1.165, 1.54) is 7.11 Å². The van der Waals surface area contributed by atoms with E-state index in [1.54, 1.807) is 37.3 Å². The molecule has 2 amide bonds. The smallest absolute Gasteiger partial charge is 0.258 e. The van der Waals surface area contributed by atoms with Crippen LogP contribution in [-0.4, -0.2) is 55.7 Å². The van der Waals surface area contributed by atoms with Gasteiger partial charge in [-0.25, -0.2) is 0 Å². The SMILES string of the molecule is CCCCN(CC(=O)N1c2ccccc2-n2cccc2C1c1ccc(OC)cc1)C(=O)c1ccc(OC)cc1OC. The number of benzene rings is 3. The molecule has 1 aromatic heterocycles. The number of fused-ring (bicyclic) bond motifs is 3. The van der Waals surface area contributed by atoms with Crippen molar-refractivity contribution in [3.8, 4) is 22.9 Å². The van der Waals surface area contributed by atoms with Crippen molar-refractivity contribution in [2.45, 2.75) is 25.8 Å². The molecule has 2 heterocycles. The number of rotatable bonds is 10. The van der Waals surface area contributed by atoms with E-state index in [0.29, 0.717) is 23.6 Å². The molecule has 41 heavy (non-hydrogen) atoms. The summed E-state index contributed by atoms with van der Waals surface area (Å²) in [4.78, 5) is 31.7. The Bertz CT molecular complexity index is 1530. The number of hydrogen-bond acceptors (Lipinski definition) is 5. The molecule has 0 spiro atoms. The summed E-state index contributed by atoms with van der Waals surface area (Å²) in [5, 5.41) is 0. The minimum Gasteiger partial charge on any atom is -0.497 e. The molecule has 1 aliphatic rings. The zero-order valence-corrected chi connectivity index (χ0v) is 23.9. The Hall–Kier alpha value is -4.72. The first-order valence-corrected chi connectivity index (χ1v) is 13.7. The summed E-state index contributed by atoms with van der Waals surface area (Å²) in [5.41, 5.74) is 3.99. The summed E-state index contributed by atoms with van der Waals surface area (Å²) in [5.74, 6) is 1.29. The lowest BCUT2D eigenvalue weighted by atomic mass is 9.97. The topological polar surface area (TPSA) is 73.2 Å². The van der Waals surface area contributed by atoms with Crippen LogP contribution in [0, 0.1) is 0 Å². The quantitative estimate of drug-likeness (QED) is 0.245. The molecule has 4 aromatic rings.